The second-order valence-electron chi connectivity index (χ2n) is 4.52. The fourth-order valence-electron chi connectivity index (χ4n) is 2.18. The first-order valence-electron chi connectivity index (χ1n) is 6.25. The molecule has 3 heteroatoms. The van der Waals surface area contributed by atoms with Crippen molar-refractivity contribution in [2.24, 2.45) is 0 Å². The van der Waals surface area contributed by atoms with Gasteiger partial charge in [0.25, 0.3) is 0 Å². The van der Waals surface area contributed by atoms with Crippen molar-refractivity contribution in [2.75, 3.05) is 6.61 Å². The molecule has 0 saturated carbocycles. The molecule has 2 aromatic rings. The highest BCUT2D eigenvalue weighted by atomic mass is 16.5. The second-order valence-corrected chi connectivity index (χ2v) is 4.52. The lowest BCUT2D eigenvalue weighted by Gasteiger charge is -2.18. The smallest absolute Gasteiger partial charge is 0.196 e. The van der Waals surface area contributed by atoms with E-state index in [1.165, 1.54) is 0 Å². The average molecular weight is 261 g/mol. The van der Waals surface area contributed by atoms with Gasteiger partial charge >= 0.3 is 0 Å². The van der Waals surface area contributed by atoms with Gasteiger partial charge in [0, 0.05) is 5.57 Å². The summed E-state index contributed by atoms with van der Waals surface area (Å²) in [6.07, 6.45) is 1.78. The van der Waals surface area contributed by atoms with E-state index in [1.54, 1.807) is 36.4 Å². The standard InChI is InChI=1S/C17H11NO2/c18-10-13-5-3-4-12(8-13)9-14-11-20-16-7-2-1-6-15(16)17(14)19/h1-9H,11H2/b14-9+. The summed E-state index contributed by atoms with van der Waals surface area (Å²) in [7, 11) is 0. The van der Waals surface area contributed by atoms with Gasteiger partial charge in [0.1, 0.15) is 12.4 Å². The van der Waals surface area contributed by atoms with Crippen LogP contribution in [0.5, 0.6) is 5.75 Å². The van der Waals surface area contributed by atoms with E-state index < -0.39 is 0 Å². The third-order valence-electron chi connectivity index (χ3n) is 3.16. The predicted molar refractivity (Wildman–Crippen MR) is 75.4 cm³/mol. The van der Waals surface area contributed by atoms with Crippen LogP contribution in [0, 0.1) is 11.3 Å². The molecule has 96 valence electrons. The Bertz CT molecular complexity index is 754. The Kier molecular flexibility index (Phi) is 3.06. The molecular formula is C17H11NO2. The predicted octanol–water partition coefficient (Wildman–Crippen LogP) is 3.22. The number of Topliss-reactive ketones (excluding diaryl/α,β-unsaturated/α-hetero) is 1. The number of rotatable bonds is 1. The van der Waals surface area contributed by atoms with Crippen LogP contribution in [0.2, 0.25) is 0 Å². The maximum Gasteiger partial charge on any atom is 0.196 e. The Labute approximate surface area is 116 Å². The molecular weight excluding hydrogens is 250 g/mol. The monoisotopic (exact) mass is 261 g/mol. The van der Waals surface area contributed by atoms with Gasteiger partial charge in [0.05, 0.1) is 17.2 Å². The van der Waals surface area contributed by atoms with Gasteiger partial charge in [-0.2, -0.15) is 5.26 Å². The summed E-state index contributed by atoms with van der Waals surface area (Å²) >= 11 is 0. The summed E-state index contributed by atoms with van der Waals surface area (Å²) in [5, 5.41) is 8.89. The largest absolute Gasteiger partial charge is 0.488 e. The SMILES string of the molecule is N#Cc1cccc(/C=C2\COc3ccccc3C2=O)c1. The molecule has 0 amide bonds. The Morgan fingerprint density at radius 1 is 1.15 bits per heavy atom. The van der Waals surface area contributed by atoms with Crippen LogP contribution < -0.4 is 4.74 Å². The number of carbonyl (C=O) groups excluding carboxylic acids is 1. The number of carbonyl (C=O) groups is 1. The summed E-state index contributed by atoms with van der Waals surface area (Å²) in [5.74, 6) is 0.606. The molecule has 0 saturated heterocycles. The molecule has 0 N–H and O–H groups in total. The Hall–Kier alpha value is -2.86. The Morgan fingerprint density at radius 3 is 2.85 bits per heavy atom. The summed E-state index contributed by atoms with van der Waals surface area (Å²) in [6.45, 7) is 0.257. The van der Waals surface area contributed by atoms with Crippen molar-refractivity contribution in [1.29, 1.82) is 5.26 Å². The normalized spacial score (nSPS) is 15.3. The average Bonchev–Trinajstić information content (AvgIpc) is 2.50. The molecule has 0 atom stereocenters. The summed E-state index contributed by atoms with van der Waals surface area (Å²) < 4.78 is 5.58. The van der Waals surface area contributed by atoms with Crippen LogP contribution in [0.3, 0.4) is 0 Å². The van der Waals surface area contributed by atoms with Crippen LogP contribution >= 0.6 is 0 Å². The zero-order chi connectivity index (χ0) is 13.9. The highest BCUT2D eigenvalue weighted by Crippen LogP contribution is 2.27. The minimum Gasteiger partial charge on any atom is -0.488 e. The van der Waals surface area contributed by atoms with Crippen molar-refractivity contribution in [3.63, 3.8) is 0 Å². The van der Waals surface area contributed by atoms with Crippen LogP contribution in [0.1, 0.15) is 21.5 Å². The molecule has 0 fully saturated rings. The number of ketones is 1. The molecule has 3 nitrogen and oxygen atoms in total. The van der Waals surface area contributed by atoms with Crippen LogP contribution in [-0.2, 0) is 0 Å². The lowest BCUT2D eigenvalue weighted by Crippen LogP contribution is -2.18. The van der Waals surface area contributed by atoms with E-state index in [2.05, 4.69) is 6.07 Å². The van der Waals surface area contributed by atoms with Crippen molar-refractivity contribution < 1.29 is 9.53 Å². The molecule has 0 radical (unpaired) electrons. The molecule has 0 spiro atoms. The number of fused-ring (bicyclic) bond motifs is 1. The van der Waals surface area contributed by atoms with Gasteiger partial charge in [-0.25, -0.2) is 0 Å². The quantitative estimate of drug-likeness (QED) is 0.740. The van der Waals surface area contributed by atoms with Crippen molar-refractivity contribution in [3.8, 4) is 11.8 Å². The van der Waals surface area contributed by atoms with Gasteiger partial charge in [-0.1, -0.05) is 24.3 Å². The summed E-state index contributed by atoms with van der Waals surface area (Å²) in [5.41, 5.74) is 2.58. The van der Waals surface area contributed by atoms with Crippen LogP contribution in [0.15, 0.2) is 54.1 Å². The van der Waals surface area contributed by atoms with E-state index in [0.29, 0.717) is 22.4 Å². The molecule has 0 aromatic heterocycles. The van der Waals surface area contributed by atoms with Gasteiger partial charge < -0.3 is 4.74 Å². The van der Waals surface area contributed by atoms with Crippen molar-refractivity contribution >= 4 is 11.9 Å². The van der Waals surface area contributed by atoms with Gasteiger partial charge in [-0.05, 0) is 35.9 Å². The van der Waals surface area contributed by atoms with E-state index in [4.69, 9.17) is 10.00 Å². The Balaban J connectivity index is 1.98. The second kappa shape index (κ2) is 5.02. The topological polar surface area (TPSA) is 50.1 Å². The van der Waals surface area contributed by atoms with Crippen molar-refractivity contribution in [2.45, 2.75) is 0 Å². The molecule has 3 rings (SSSR count). The lowest BCUT2D eigenvalue weighted by molar-refractivity contribution is 0.100. The lowest BCUT2D eigenvalue weighted by atomic mass is 9.98. The van der Waals surface area contributed by atoms with E-state index >= 15 is 0 Å². The highest BCUT2D eigenvalue weighted by molar-refractivity contribution is 6.14. The van der Waals surface area contributed by atoms with E-state index in [0.717, 1.165) is 5.56 Å². The van der Waals surface area contributed by atoms with E-state index in [1.807, 2.05) is 18.2 Å². The summed E-state index contributed by atoms with van der Waals surface area (Å²) in [6, 6.07) is 16.4. The van der Waals surface area contributed by atoms with Crippen molar-refractivity contribution in [3.05, 3.63) is 70.8 Å². The molecule has 0 unspecified atom stereocenters. The number of nitrogens with zero attached hydrogens (tertiary/aromatic N) is 1. The van der Waals surface area contributed by atoms with Crippen LogP contribution in [0.4, 0.5) is 0 Å². The Morgan fingerprint density at radius 2 is 2.00 bits per heavy atom. The third-order valence-corrected chi connectivity index (χ3v) is 3.16. The van der Waals surface area contributed by atoms with Crippen LogP contribution in [0.25, 0.3) is 6.08 Å². The van der Waals surface area contributed by atoms with E-state index in [9.17, 15) is 4.79 Å². The molecule has 0 bridgehead atoms. The number of benzene rings is 2. The zero-order valence-corrected chi connectivity index (χ0v) is 10.7. The molecule has 1 aliphatic heterocycles. The number of ether oxygens (including phenoxy) is 1. The minimum absolute atomic E-state index is 0.0192. The van der Waals surface area contributed by atoms with Gasteiger partial charge in [-0.3, -0.25) is 4.79 Å². The van der Waals surface area contributed by atoms with Crippen molar-refractivity contribution in [1.82, 2.24) is 0 Å². The highest BCUT2D eigenvalue weighted by Gasteiger charge is 2.22. The number of hydrogen-bond donors (Lipinski definition) is 0. The number of nitriles is 1. The first-order valence-corrected chi connectivity index (χ1v) is 6.25. The van der Waals surface area contributed by atoms with Crippen LogP contribution in [-0.4, -0.2) is 12.4 Å². The maximum absolute atomic E-state index is 12.4. The first kappa shape index (κ1) is 12.2. The molecule has 20 heavy (non-hydrogen) atoms. The molecule has 2 aromatic carbocycles. The molecule has 1 aliphatic rings. The number of para-hydroxylation sites is 1. The zero-order valence-electron chi connectivity index (χ0n) is 10.7. The summed E-state index contributed by atoms with van der Waals surface area (Å²) in [4.78, 5) is 12.4. The van der Waals surface area contributed by atoms with E-state index in [-0.39, 0.29) is 12.4 Å². The maximum atomic E-state index is 12.4. The molecule has 1 heterocycles. The fourth-order valence-corrected chi connectivity index (χ4v) is 2.18. The van der Waals surface area contributed by atoms with Gasteiger partial charge in [0.2, 0.25) is 0 Å². The molecule has 0 aliphatic carbocycles. The third kappa shape index (κ3) is 2.19. The van der Waals surface area contributed by atoms with Gasteiger partial charge in [0.15, 0.2) is 5.78 Å². The van der Waals surface area contributed by atoms with Gasteiger partial charge in [-0.15, -0.1) is 0 Å². The number of hydrogen-bond acceptors (Lipinski definition) is 3. The fraction of sp³-hybridized carbons (Fsp3) is 0.0588. The minimum atomic E-state index is -0.0192. The first-order chi connectivity index (χ1) is 9.78.